The second-order valence-electron chi connectivity index (χ2n) is 2.53. The lowest BCUT2D eigenvalue weighted by atomic mass is 10.1. The van der Waals surface area contributed by atoms with Crippen LogP contribution >= 0.6 is 0 Å². The predicted molar refractivity (Wildman–Crippen MR) is 48.9 cm³/mol. The lowest BCUT2D eigenvalue weighted by Gasteiger charge is -2.00. The first-order chi connectivity index (χ1) is 5.77. The Morgan fingerprint density at radius 2 is 2.00 bits per heavy atom. The van der Waals surface area contributed by atoms with E-state index in [0.29, 0.717) is 5.56 Å². The van der Waals surface area contributed by atoms with Gasteiger partial charge in [0.1, 0.15) is 0 Å². The first-order valence-electron chi connectivity index (χ1n) is 3.88. The number of amides is 1. The fourth-order valence-electron chi connectivity index (χ4n) is 0.967. The Bertz CT molecular complexity index is 264. The third kappa shape index (κ3) is 1.84. The molecule has 0 atom stereocenters. The van der Waals surface area contributed by atoms with Crippen molar-refractivity contribution in [3.8, 4) is 0 Å². The molecule has 1 rings (SSSR count). The van der Waals surface area contributed by atoms with Gasteiger partial charge in [-0.1, -0.05) is 12.1 Å². The highest BCUT2D eigenvalue weighted by Crippen LogP contribution is 2.04. The molecule has 2 nitrogen and oxygen atoms in total. The van der Waals surface area contributed by atoms with Crippen molar-refractivity contribution in [3.63, 3.8) is 0 Å². The number of hydrogen-bond acceptors (Lipinski definition) is 1. The lowest BCUT2D eigenvalue weighted by Crippen LogP contribution is -2.17. The minimum absolute atomic E-state index is 0.0504. The molecule has 0 bridgehead atoms. The van der Waals surface area contributed by atoms with Crippen LogP contribution in [0.3, 0.4) is 0 Å². The smallest absolute Gasteiger partial charge is 0.251 e. The quantitative estimate of drug-likeness (QED) is 0.700. The molecule has 0 aliphatic carbocycles. The van der Waals surface area contributed by atoms with Gasteiger partial charge in [-0.25, -0.2) is 0 Å². The molecule has 0 aromatic heterocycles. The summed E-state index contributed by atoms with van der Waals surface area (Å²) >= 11 is 0. The molecule has 0 fully saturated rings. The van der Waals surface area contributed by atoms with Crippen LogP contribution in [0.15, 0.2) is 24.3 Å². The van der Waals surface area contributed by atoms with Crippen molar-refractivity contribution in [1.82, 2.24) is 5.32 Å². The number of carbonyl (C=O) groups excluding carboxylic acids is 1. The van der Waals surface area contributed by atoms with Crippen molar-refractivity contribution in [3.05, 3.63) is 42.3 Å². The van der Waals surface area contributed by atoms with Crippen molar-refractivity contribution in [1.29, 1.82) is 0 Å². The third-order valence-electron chi connectivity index (χ3n) is 1.73. The molecule has 12 heavy (non-hydrogen) atoms. The largest absolute Gasteiger partial charge is 0.355 e. The summed E-state index contributed by atoms with van der Waals surface area (Å²) in [6.07, 6.45) is 0.758. The van der Waals surface area contributed by atoms with E-state index in [9.17, 15) is 4.79 Å². The van der Waals surface area contributed by atoms with Gasteiger partial charge in [0.15, 0.2) is 0 Å². The van der Waals surface area contributed by atoms with Gasteiger partial charge in [0.2, 0.25) is 0 Å². The van der Waals surface area contributed by atoms with Gasteiger partial charge in [-0.05, 0) is 31.0 Å². The minimum atomic E-state index is -0.0504. The third-order valence-corrected chi connectivity index (χ3v) is 1.73. The Kier molecular flexibility index (Phi) is 2.86. The molecule has 0 unspecified atom stereocenters. The van der Waals surface area contributed by atoms with E-state index in [4.69, 9.17) is 0 Å². The minimum Gasteiger partial charge on any atom is -0.355 e. The fraction of sp³-hybridized carbons (Fsp3) is 0.200. The zero-order chi connectivity index (χ0) is 8.97. The average molecular weight is 162 g/mol. The second kappa shape index (κ2) is 3.90. The van der Waals surface area contributed by atoms with Gasteiger partial charge in [-0.3, -0.25) is 4.79 Å². The molecule has 0 heterocycles. The van der Waals surface area contributed by atoms with E-state index < -0.39 is 0 Å². The number of hydrogen-bond donors (Lipinski definition) is 1. The Morgan fingerprint density at radius 3 is 2.42 bits per heavy atom. The molecule has 63 valence electrons. The fourth-order valence-corrected chi connectivity index (χ4v) is 0.967. The van der Waals surface area contributed by atoms with Crippen molar-refractivity contribution in [2.75, 3.05) is 7.05 Å². The maximum Gasteiger partial charge on any atom is 0.251 e. The standard InChI is InChI=1S/C10H12NO/c1-3-8-4-6-9(7-5-8)10(12)11-2/h4-7H,1,3H2,2H3,(H,11,12). The van der Waals surface area contributed by atoms with Gasteiger partial charge >= 0.3 is 0 Å². The van der Waals surface area contributed by atoms with Crippen LogP contribution in [0, 0.1) is 6.92 Å². The van der Waals surface area contributed by atoms with Crippen molar-refractivity contribution in [2.24, 2.45) is 0 Å². The Labute approximate surface area is 72.6 Å². The zero-order valence-electron chi connectivity index (χ0n) is 7.13. The van der Waals surface area contributed by atoms with Crippen LogP contribution in [0.25, 0.3) is 0 Å². The summed E-state index contributed by atoms with van der Waals surface area (Å²) < 4.78 is 0. The van der Waals surface area contributed by atoms with Crippen LogP contribution in [0.2, 0.25) is 0 Å². The van der Waals surface area contributed by atoms with Crippen LogP contribution in [-0.4, -0.2) is 13.0 Å². The molecule has 1 N–H and O–H groups in total. The second-order valence-corrected chi connectivity index (χ2v) is 2.53. The highest BCUT2D eigenvalue weighted by Gasteiger charge is 2.00. The van der Waals surface area contributed by atoms with Gasteiger partial charge in [-0.2, -0.15) is 0 Å². The summed E-state index contributed by atoms with van der Waals surface area (Å²) in [6, 6.07) is 7.44. The Hall–Kier alpha value is -1.31. The van der Waals surface area contributed by atoms with E-state index in [-0.39, 0.29) is 5.91 Å². The molecule has 0 spiro atoms. The number of carbonyl (C=O) groups is 1. The molecule has 0 saturated carbocycles. The van der Waals surface area contributed by atoms with Crippen LogP contribution in [0.5, 0.6) is 0 Å². The van der Waals surface area contributed by atoms with E-state index in [1.807, 2.05) is 12.1 Å². The Balaban J connectivity index is 2.84. The monoisotopic (exact) mass is 162 g/mol. The molecular weight excluding hydrogens is 150 g/mol. The molecular formula is C10H12NO. The molecule has 0 aliphatic heterocycles. The predicted octanol–water partition coefficient (Wildman–Crippen LogP) is 1.42. The number of benzene rings is 1. The highest BCUT2D eigenvalue weighted by atomic mass is 16.1. The van der Waals surface area contributed by atoms with Gasteiger partial charge < -0.3 is 5.32 Å². The first-order valence-corrected chi connectivity index (χ1v) is 3.88. The van der Waals surface area contributed by atoms with Gasteiger partial charge in [0.05, 0.1) is 0 Å². The van der Waals surface area contributed by atoms with Crippen molar-refractivity contribution >= 4 is 5.91 Å². The SMILES string of the molecule is [CH2]Cc1ccc(C(=O)NC)cc1. The van der Waals surface area contributed by atoms with Gasteiger partial charge in [-0.15, -0.1) is 0 Å². The van der Waals surface area contributed by atoms with E-state index in [0.717, 1.165) is 12.0 Å². The molecule has 0 saturated heterocycles. The summed E-state index contributed by atoms with van der Waals surface area (Å²) in [7, 11) is 1.62. The molecule has 1 amide bonds. The van der Waals surface area contributed by atoms with E-state index in [1.165, 1.54) is 0 Å². The maximum absolute atomic E-state index is 11.1. The molecule has 0 aliphatic rings. The van der Waals surface area contributed by atoms with Gasteiger partial charge in [0.25, 0.3) is 5.91 Å². The zero-order valence-corrected chi connectivity index (χ0v) is 7.13. The van der Waals surface area contributed by atoms with Crippen LogP contribution in [-0.2, 0) is 6.42 Å². The number of nitrogens with one attached hydrogen (secondary N) is 1. The summed E-state index contributed by atoms with van der Waals surface area (Å²) in [6.45, 7) is 3.75. The first kappa shape index (κ1) is 8.78. The summed E-state index contributed by atoms with van der Waals surface area (Å²) in [4.78, 5) is 11.1. The summed E-state index contributed by atoms with van der Waals surface area (Å²) in [5.74, 6) is -0.0504. The molecule has 1 aromatic rings. The molecule has 1 aromatic carbocycles. The van der Waals surface area contributed by atoms with Crippen molar-refractivity contribution in [2.45, 2.75) is 6.42 Å². The summed E-state index contributed by atoms with van der Waals surface area (Å²) in [5, 5.41) is 2.56. The lowest BCUT2D eigenvalue weighted by molar-refractivity contribution is 0.0963. The van der Waals surface area contributed by atoms with Gasteiger partial charge in [0, 0.05) is 12.6 Å². The van der Waals surface area contributed by atoms with Crippen LogP contribution in [0.4, 0.5) is 0 Å². The van der Waals surface area contributed by atoms with E-state index in [2.05, 4.69) is 12.2 Å². The van der Waals surface area contributed by atoms with E-state index in [1.54, 1.807) is 19.2 Å². The molecule has 1 radical (unpaired) electrons. The molecule has 2 heteroatoms. The normalized spacial score (nSPS) is 9.50. The number of rotatable bonds is 2. The average Bonchev–Trinajstić information content (AvgIpc) is 2.17. The highest BCUT2D eigenvalue weighted by molar-refractivity contribution is 5.93. The maximum atomic E-state index is 11.1. The van der Waals surface area contributed by atoms with Crippen molar-refractivity contribution < 1.29 is 4.79 Å². The van der Waals surface area contributed by atoms with E-state index >= 15 is 0 Å². The Morgan fingerprint density at radius 1 is 1.42 bits per heavy atom. The summed E-state index contributed by atoms with van der Waals surface area (Å²) in [5.41, 5.74) is 1.83. The van der Waals surface area contributed by atoms with Crippen LogP contribution in [0.1, 0.15) is 15.9 Å². The topological polar surface area (TPSA) is 29.1 Å². The van der Waals surface area contributed by atoms with Crippen LogP contribution < -0.4 is 5.32 Å².